The fourth-order valence-electron chi connectivity index (χ4n) is 4.58. The lowest BCUT2D eigenvalue weighted by atomic mass is 9.87. The van der Waals surface area contributed by atoms with Crippen LogP contribution in [0.2, 0.25) is 0 Å². The van der Waals surface area contributed by atoms with E-state index in [0.717, 1.165) is 26.3 Å². The van der Waals surface area contributed by atoms with Gasteiger partial charge in [-0.1, -0.05) is 43.2 Å². The highest BCUT2D eigenvalue weighted by Gasteiger charge is 2.46. The van der Waals surface area contributed by atoms with E-state index in [2.05, 4.69) is 40.5 Å². The maximum Gasteiger partial charge on any atom is 0.0622 e. The number of piperazine rings is 1. The van der Waals surface area contributed by atoms with Crippen LogP contribution in [0.1, 0.15) is 43.7 Å². The summed E-state index contributed by atoms with van der Waals surface area (Å²) in [5.74, 6) is 0. The van der Waals surface area contributed by atoms with Crippen LogP contribution in [0.25, 0.3) is 0 Å². The van der Waals surface area contributed by atoms with Crippen molar-refractivity contribution in [1.29, 1.82) is 0 Å². The molecule has 0 bridgehead atoms. The SMILES string of the molecule is c1ccc(C2CN(C3CCOC3)C3(CCCC3)CN2)cc1. The fraction of sp³-hybridized carbons (Fsp3) is 0.667. The Morgan fingerprint density at radius 2 is 1.95 bits per heavy atom. The summed E-state index contributed by atoms with van der Waals surface area (Å²) in [6.07, 6.45) is 6.71. The van der Waals surface area contributed by atoms with Gasteiger partial charge in [0.25, 0.3) is 0 Å². The van der Waals surface area contributed by atoms with Gasteiger partial charge >= 0.3 is 0 Å². The van der Waals surface area contributed by atoms with Gasteiger partial charge in [-0.3, -0.25) is 4.90 Å². The molecule has 1 aromatic rings. The average Bonchev–Trinajstić information content (AvgIpc) is 3.21. The summed E-state index contributed by atoms with van der Waals surface area (Å²) in [5, 5.41) is 3.84. The lowest BCUT2D eigenvalue weighted by molar-refractivity contribution is 0.000799. The Morgan fingerprint density at radius 3 is 2.67 bits per heavy atom. The van der Waals surface area contributed by atoms with Gasteiger partial charge in [0.05, 0.1) is 6.61 Å². The number of nitrogens with one attached hydrogen (secondary N) is 1. The Morgan fingerprint density at radius 1 is 1.14 bits per heavy atom. The molecule has 2 atom stereocenters. The molecule has 0 radical (unpaired) electrons. The molecule has 3 nitrogen and oxygen atoms in total. The Labute approximate surface area is 127 Å². The molecule has 0 aromatic heterocycles. The lowest BCUT2D eigenvalue weighted by Gasteiger charge is -2.51. The number of hydrogen-bond donors (Lipinski definition) is 1. The van der Waals surface area contributed by atoms with Crippen molar-refractivity contribution in [3.8, 4) is 0 Å². The summed E-state index contributed by atoms with van der Waals surface area (Å²) in [7, 11) is 0. The first-order chi connectivity index (χ1) is 10.4. The molecule has 114 valence electrons. The highest BCUT2D eigenvalue weighted by atomic mass is 16.5. The third-order valence-corrected chi connectivity index (χ3v) is 5.75. The minimum Gasteiger partial charge on any atom is -0.380 e. The fourth-order valence-corrected chi connectivity index (χ4v) is 4.58. The van der Waals surface area contributed by atoms with Gasteiger partial charge in [-0.05, 0) is 24.8 Å². The van der Waals surface area contributed by atoms with Crippen LogP contribution < -0.4 is 5.32 Å². The van der Waals surface area contributed by atoms with Crippen molar-refractivity contribution in [3.05, 3.63) is 35.9 Å². The minimum absolute atomic E-state index is 0.406. The molecule has 2 aliphatic heterocycles. The topological polar surface area (TPSA) is 24.5 Å². The van der Waals surface area contributed by atoms with Crippen molar-refractivity contribution in [2.24, 2.45) is 0 Å². The van der Waals surface area contributed by atoms with Gasteiger partial charge in [0.15, 0.2) is 0 Å². The second kappa shape index (κ2) is 5.71. The van der Waals surface area contributed by atoms with Crippen molar-refractivity contribution < 1.29 is 4.74 Å². The number of hydrogen-bond acceptors (Lipinski definition) is 3. The van der Waals surface area contributed by atoms with Gasteiger partial charge in [0, 0.05) is 37.3 Å². The van der Waals surface area contributed by atoms with Crippen molar-refractivity contribution in [2.45, 2.75) is 49.7 Å². The Hall–Kier alpha value is -0.900. The molecule has 1 N–H and O–H groups in total. The van der Waals surface area contributed by atoms with E-state index < -0.39 is 0 Å². The third kappa shape index (κ3) is 2.52. The number of rotatable bonds is 2. The molecule has 0 amide bonds. The van der Waals surface area contributed by atoms with Crippen LogP contribution in [0.3, 0.4) is 0 Å². The highest BCUT2D eigenvalue weighted by Crippen LogP contribution is 2.41. The molecule has 3 heteroatoms. The summed E-state index contributed by atoms with van der Waals surface area (Å²) in [4.78, 5) is 2.82. The van der Waals surface area contributed by atoms with E-state index in [1.54, 1.807) is 0 Å². The van der Waals surface area contributed by atoms with E-state index in [9.17, 15) is 0 Å². The van der Waals surface area contributed by atoms with Crippen molar-refractivity contribution in [3.63, 3.8) is 0 Å². The zero-order valence-corrected chi connectivity index (χ0v) is 12.8. The van der Waals surface area contributed by atoms with Gasteiger partial charge < -0.3 is 10.1 Å². The van der Waals surface area contributed by atoms with Crippen molar-refractivity contribution >= 4 is 0 Å². The predicted molar refractivity (Wildman–Crippen MR) is 84.3 cm³/mol. The molecule has 21 heavy (non-hydrogen) atoms. The predicted octanol–water partition coefficient (Wildman–Crippen LogP) is 2.73. The van der Waals surface area contributed by atoms with E-state index in [1.165, 1.54) is 37.7 Å². The Balaban J connectivity index is 1.58. The normalized spacial score (nSPS) is 32.8. The summed E-state index contributed by atoms with van der Waals surface area (Å²) >= 11 is 0. The van der Waals surface area contributed by atoms with Gasteiger partial charge in [0.1, 0.15) is 0 Å². The molecule has 3 fully saturated rings. The molecule has 1 saturated carbocycles. The standard InChI is InChI=1S/C18H26N2O/c1-2-6-15(7-3-1)17-12-20(16-8-11-21-13-16)18(14-19-17)9-4-5-10-18/h1-3,6-7,16-17,19H,4-5,8-14H2. The molecule has 2 heterocycles. The molecule has 3 aliphatic rings. The summed E-state index contributed by atoms with van der Waals surface area (Å²) < 4.78 is 5.69. The van der Waals surface area contributed by atoms with Crippen LogP contribution in [0.15, 0.2) is 30.3 Å². The second-order valence-corrected chi connectivity index (χ2v) is 6.95. The van der Waals surface area contributed by atoms with E-state index >= 15 is 0 Å². The largest absolute Gasteiger partial charge is 0.380 e. The average molecular weight is 286 g/mol. The lowest BCUT2D eigenvalue weighted by Crippen LogP contribution is -2.63. The molecule has 1 aromatic carbocycles. The zero-order chi connectivity index (χ0) is 14.1. The first-order valence-electron chi connectivity index (χ1n) is 8.50. The zero-order valence-electron chi connectivity index (χ0n) is 12.8. The summed E-state index contributed by atoms with van der Waals surface area (Å²) in [6, 6.07) is 12.0. The Bertz CT molecular complexity index is 463. The Kier molecular flexibility index (Phi) is 3.74. The first-order valence-corrected chi connectivity index (χ1v) is 8.50. The number of benzene rings is 1. The minimum atomic E-state index is 0.406. The van der Waals surface area contributed by atoms with Gasteiger partial charge in [0.2, 0.25) is 0 Å². The molecule has 4 rings (SSSR count). The maximum atomic E-state index is 5.69. The van der Waals surface area contributed by atoms with E-state index in [1.807, 2.05) is 0 Å². The van der Waals surface area contributed by atoms with Crippen molar-refractivity contribution in [2.75, 3.05) is 26.3 Å². The van der Waals surface area contributed by atoms with E-state index in [4.69, 9.17) is 4.74 Å². The number of nitrogens with zero attached hydrogens (tertiary/aromatic N) is 1. The van der Waals surface area contributed by atoms with Gasteiger partial charge in [-0.2, -0.15) is 0 Å². The van der Waals surface area contributed by atoms with Crippen LogP contribution in [-0.2, 0) is 4.74 Å². The number of ether oxygens (including phenoxy) is 1. The van der Waals surface area contributed by atoms with E-state index in [-0.39, 0.29) is 0 Å². The van der Waals surface area contributed by atoms with Crippen LogP contribution in [0, 0.1) is 0 Å². The van der Waals surface area contributed by atoms with Crippen LogP contribution in [0.5, 0.6) is 0 Å². The quantitative estimate of drug-likeness (QED) is 0.905. The molecule has 2 unspecified atom stereocenters. The molecular formula is C18H26N2O. The second-order valence-electron chi connectivity index (χ2n) is 6.95. The van der Waals surface area contributed by atoms with E-state index in [0.29, 0.717) is 17.6 Å². The monoisotopic (exact) mass is 286 g/mol. The molecule has 1 spiro atoms. The van der Waals surface area contributed by atoms with Gasteiger partial charge in [-0.25, -0.2) is 0 Å². The first kappa shape index (κ1) is 13.7. The summed E-state index contributed by atoms with van der Waals surface area (Å²) in [5.41, 5.74) is 1.83. The van der Waals surface area contributed by atoms with Crippen LogP contribution >= 0.6 is 0 Å². The molecule has 2 saturated heterocycles. The summed E-state index contributed by atoms with van der Waals surface area (Å²) in [6.45, 7) is 4.16. The third-order valence-electron chi connectivity index (χ3n) is 5.75. The molecule has 1 aliphatic carbocycles. The van der Waals surface area contributed by atoms with Crippen LogP contribution in [-0.4, -0.2) is 42.8 Å². The molecular weight excluding hydrogens is 260 g/mol. The highest BCUT2D eigenvalue weighted by molar-refractivity contribution is 5.21. The smallest absolute Gasteiger partial charge is 0.0622 e. The van der Waals surface area contributed by atoms with Gasteiger partial charge in [-0.15, -0.1) is 0 Å². The van der Waals surface area contributed by atoms with Crippen LogP contribution in [0.4, 0.5) is 0 Å². The maximum absolute atomic E-state index is 5.69. The van der Waals surface area contributed by atoms with Crippen molar-refractivity contribution in [1.82, 2.24) is 10.2 Å².